The number of carbonyl (C=O) groups is 2. The molecule has 1 aliphatic rings. The molecule has 6 nitrogen and oxygen atoms in total. The van der Waals surface area contributed by atoms with Crippen LogP contribution < -0.4 is 4.74 Å². The number of ether oxygens (including phenoxy) is 1. The Bertz CT molecular complexity index is 1090. The van der Waals surface area contributed by atoms with Crippen LogP contribution in [0.25, 0.3) is 10.2 Å². The van der Waals surface area contributed by atoms with Crippen LogP contribution in [0, 0.1) is 6.92 Å². The van der Waals surface area contributed by atoms with Gasteiger partial charge in [-0.2, -0.15) is 0 Å². The number of thioether (sulfide) groups is 2. The van der Waals surface area contributed by atoms with Gasteiger partial charge < -0.3 is 9.84 Å². The minimum Gasteiger partial charge on any atom is -0.480 e. The molecule has 142 valence electrons. The van der Waals surface area contributed by atoms with Gasteiger partial charge in [-0.05, 0) is 43.0 Å². The summed E-state index contributed by atoms with van der Waals surface area (Å²) in [6.45, 7) is 1.99. The van der Waals surface area contributed by atoms with Crippen molar-refractivity contribution in [3.8, 4) is 5.75 Å². The number of carboxylic acids is 1. The largest absolute Gasteiger partial charge is 0.480 e. The normalized spacial score (nSPS) is 16.2. The molecule has 0 unspecified atom stereocenters. The molecule has 0 fully saturated rings. The summed E-state index contributed by atoms with van der Waals surface area (Å²) in [6, 6.07) is 12.2. The van der Waals surface area contributed by atoms with E-state index in [4.69, 9.17) is 9.84 Å². The Hall–Kier alpha value is -2.36. The van der Waals surface area contributed by atoms with Crippen molar-refractivity contribution < 1.29 is 19.4 Å². The van der Waals surface area contributed by atoms with E-state index in [0.717, 1.165) is 32.4 Å². The number of carboxylic acid groups (broad SMARTS) is 1. The van der Waals surface area contributed by atoms with Crippen molar-refractivity contribution >= 4 is 61.4 Å². The molecular formula is C19H14N2O4S3. The lowest BCUT2D eigenvalue weighted by Gasteiger charge is -2.04. The van der Waals surface area contributed by atoms with Crippen LogP contribution in [0.1, 0.15) is 10.6 Å². The number of hydrogen-bond donors (Lipinski definition) is 1. The van der Waals surface area contributed by atoms with E-state index < -0.39 is 17.3 Å². The van der Waals surface area contributed by atoms with Crippen LogP contribution in [0.5, 0.6) is 5.75 Å². The Kier molecular flexibility index (Phi) is 5.38. The highest BCUT2D eigenvalue weighted by molar-refractivity contribution is 8.15. The van der Waals surface area contributed by atoms with E-state index >= 15 is 0 Å². The maximum Gasteiger partial charge on any atom is 0.377 e. The zero-order valence-corrected chi connectivity index (χ0v) is 17.1. The number of aliphatic carboxylic acids is 1. The first-order chi connectivity index (χ1) is 13.5. The summed E-state index contributed by atoms with van der Waals surface area (Å²) in [7, 11) is 0. The molecule has 1 aliphatic heterocycles. The molecule has 0 spiro atoms. The highest BCUT2D eigenvalue weighted by Gasteiger charge is 2.26. The summed E-state index contributed by atoms with van der Waals surface area (Å²) < 4.78 is 6.28. The summed E-state index contributed by atoms with van der Waals surface area (Å²) in [5, 5.41) is 9.98. The van der Waals surface area contributed by atoms with Crippen molar-refractivity contribution in [2.24, 2.45) is 4.99 Å². The molecule has 0 amide bonds. The third-order valence-electron chi connectivity index (χ3n) is 3.90. The van der Waals surface area contributed by atoms with Crippen LogP contribution in [0.15, 0.2) is 52.4 Å². The molecule has 4 rings (SSSR count). The van der Waals surface area contributed by atoms with Gasteiger partial charge in [-0.25, -0.2) is 14.6 Å². The molecule has 1 N–H and O–H groups in total. The molecule has 1 aromatic heterocycles. The van der Waals surface area contributed by atoms with Crippen LogP contribution in [0.3, 0.4) is 0 Å². The molecule has 3 aromatic rings. The predicted octanol–water partition coefficient (Wildman–Crippen LogP) is 4.84. The fraction of sp³-hybridized carbons (Fsp3) is 0.158. The third-order valence-corrected chi connectivity index (χ3v) is 6.87. The molecular weight excluding hydrogens is 416 g/mol. The monoisotopic (exact) mass is 430 g/mol. The Morgan fingerprint density at radius 2 is 2.00 bits per heavy atom. The topological polar surface area (TPSA) is 88.9 Å². The Morgan fingerprint density at radius 3 is 2.71 bits per heavy atom. The molecule has 9 heteroatoms. The van der Waals surface area contributed by atoms with Crippen LogP contribution in [0.4, 0.5) is 4.79 Å². The standard InChI is InChI=1S/C19H14N2O4S3/c1-10-2-5-12(6-3-10)27-19(24)25-11-4-7-13-15(8-11)28-17(20-13)16-21-14(9-26-16)18(22)23/h2-8,14H,9H2,1H3,(H,22,23)/t14-/m1/s1. The lowest BCUT2D eigenvalue weighted by atomic mass is 10.2. The van der Waals surface area contributed by atoms with Crippen molar-refractivity contribution in [2.75, 3.05) is 5.75 Å². The van der Waals surface area contributed by atoms with Gasteiger partial charge in [0.2, 0.25) is 0 Å². The smallest absolute Gasteiger partial charge is 0.377 e. The first-order valence-electron chi connectivity index (χ1n) is 8.28. The number of benzene rings is 2. The molecule has 0 aliphatic carbocycles. The van der Waals surface area contributed by atoms with Crippen molar-refractivity contribution in [2.45, 2.75) is 17.9 Å². The summed E-state index contributed by atoms with van der Waals surface area (Å²) >= 11 is 3.82. The number of aryl methyl sites for hydroxylation is 1. The second kappa shape index (κ2) is 7.94. The SMILES string of the molecule is Cc1ccc(SC(=O)Oc2ccc3nc(C4=N[C@@H](C(=O)O)CS4)sc3c2)cc1. The van der Waals surface area contributed by atoms with Gasteiger partial charge in [0, 0.05) is 16.7 Å². The van der Waals surface area contributed by atoms with Gasteiger partial charge in [-0.15, -0.1) is 23.1 Å². The average molecular weight is 431 g/mol. The molecule has 28 heavy (non-hydrogen) atoms. The zero-order chi connectivity index (χ0) is 19.7. The number of thiazole rings is 1. The predicted molar refractivity (Wildman–Crippen MR) is 113 cm³/mol. The van der Waals surface area contributed by atoms with Gasteiger partial charge in [0.15, 0.2) is 6.04 Å². The highest BCUT2D eigenvalue weighted by Crippen LogP contribution is 2.32. The second-order valence-electron chi connectivity index (χ2n) is 6.02. The highest BCUT2D eigenvalue weighted by atomic mass is 32.2. The maximum absolute atomic E-state index is 12.2. The molecule has 2 aromatic carbocycles. The van der Waals surface area contributed by atoms with E-state index in [1.165, 1.54) is 23.1 Å². The van der Waals surface area contributed by atoms with Gasteiger partial charge in [0.05, 0.1) is 10.2 Å². The van der Waals surface area contributed by atoms with Crippen molar-refractivity contribution in [3.05, 3.63) is 53.0 Å². The average Bonchev–Trinajstić information content (AvgIpc) is 3.30. The fourth-order valence-electron chi connectivity index (χ4n) is 2.50. The molecule has 0 saturated carbocycles. The number of aliphatic imine (C=N–C) groups is 1. The molecule has 0 radical (unpaired) electrons. The minimum absolute atomic E-state index is 0.409. The molecule has 0 saturated heterocycles. The second-order valence-corrected chi connectivity index (χ2v) is 9.06. The van der Waals surface area contributed by atoms with E-state index in [0.29, 0.717) is 21.6 Å². The lowest BCUT2D eigenvalue weighted by Crippen LogP contribution is -2.17. The summed E-state index contributed by atoms with van der Waals surface area (Å²) in [6.07, 6.45) is 0. The van der Waals surface area contributed by atoms with Crippen molar-refractivity contribution in [3.63, 3.8) is 0 Å². The first kappa shape index (κ1) is 19.0. The van der Waals surface area contributed by atoms with E-state index in [1.54, 1.807) is 18.2 Å². The summed E-state index contributed by atoms with van der Waals surface area (Å²) in [4.78, 5) is 32.8. The van der Waals surface area contributed by atoms with Gasteiger partial charge in [0.25, 0.3) is 0 Å². The number of aromatic nitrogens is 1. The zero-order valence-electron chi connectivity index (χ0n) is 14.6. The first-order valence-corrected chi connectivity index (χ1v) is 10.9. The van der Waals surface area contributed by atoms with Crippen LogP contribution >= 0.6 is 34.9 Å². The minimum atomic E-state index is -0.927. The van der Waals surface area contributed by atoms with E-state index in [-0.39, 0.29) is 0 Å². The Morgan fingerprint density at radius 1 is 1.21 bits per heavy atom. The number of carbonyl (C=O) groups excluding carboxylic acids is 1. The van der Waals surface area contributed by atoms with E-state index in [9.17, 15) is 9.59 Å². The van der Waals surface area contributed by atoms with Gasteiger partial charge in [-0.3, -0.25) is 4.99 Å². The van der Waals surface area contributed by atoms with Crippen LogP contribution in [-0.2, 0) is 4.79 Å². The number of rotatable bonds is 4. The van der Waals surface area contributed by atoms with Gasteiger partial charge >= 0.3 is 11.3 Å². The number of nitrogens with zero attached hydrogens (tertiary/aromatic N) is 2. The van der Waals surface area contributed by atoms with Crippen molar-refractivity contribution in [1.29, 1.82) is 0 Å². The third kappa shape index (κ3) is 4.21. The molecule has 0 bridgehead atoms. The summed E-state index contributed by atoms with van der Waals surface area (Å²) in [5.41, 5.74) is 1.89. The number of hydrogen-bond acceptors (Lipinski definition) is 8. The Labute approximate surface area is 173 Å². The van der Waals surface area contributed by atoms with Gasteiger partial charge in [0.1, 0.15) is 15.8 Å². The Balaban J connectivity index is 1.49. The van der Waals surface area contributed by atoms with E-state index in [2.05, 4.69) is 9.98 Å². The number of fused-ring (bicyclic) bond motifs is 1. The fourth-order valence-corrected chi connectivity index (χ4v) is 5.19. The van der Waals surface area contributed by atoms with Crippen LogP contribution in [-0.4, -0.2) is 38.2 Å². The van der Waals surface area contributed by atoms with E-state index in [1.807, 2.05) is 31.2 Å². The molecule has 2 heterocycles. The summed E-state index contributed by atoms with van der Waals surface area (Å²) in [5.74, 6) is -0.0692. The quantitative estimate of drug-likeness (QED) is 0.468. The van der Waals surface area contributed by atoms with Crippen LogP contribution in [0.2, 0.25) is 0 Å². The lowest BCUT2D eigenvalue weighted by molar-refractivity contribution is -0.137. The van der Waals surface area contributed by atoms with Gasteiger partial charge in [-0.1, -0.05) is 17.7 Å². The maximum atomic E-state index is 12.2. The molecule has 1 atom stereocenters. The van der Waals surface area contributed by atoms with Crippen molar-refractivity contribution in [1.82, 2.24) is 4.98 Å².